The topological polar surface area (TPSA) is 40.5 Å². The standard InChI is InChI=1S/C10H13ClO2/c1-7-8(5-9(13)6-12)3-2-4-10(7)11/h2-4,9,12-13H,5-6H2,1H3. The van der Waals surface area contributed by atoms with Crippen LogP contribution in [-0.2, 0) is 6.42 Å². The third-order valence-corrected chi connectivity index (χ3v) is 2.46. The van der Waals surface area contributed by atoms with Gasteiger partial charge in [0.25, 0.3) is 0 Å². The van der Waals surface area contributed by atoms with Crippen molar-refractivity contribution in [3.05, 3.63) is 34.3 Å². The van der Waals surface area contributed by atoms with E-state index in [-0.39, 0.29) is 6.61 Å². The number of rotatable bonds is 3. The first-order valence-corrected chi connectivity index (χ1v) is 4.56. The van der Waals surface area contributed by atoms with Gasteiger partial charge in [0.2, 0.25) is 0 Å². The van der Waals surface area contributed by atoms with Crippen molar-refractivity contribution in [3.8, 4) is 0 Å². The van der Waals surface area contributed by atoms with Crippen LogP contribution in [0.5, 0.6) is 0 Å². The average Bonchev–Trinajstić information content (AvgIpc) is 2.13. The van der Waals surface area contributed by atoms with Crippen LogP contribution >= 0.6 is 11.6 Å². The Morgan fingerprint density at radius 2 is 2.15 bits per heavy atom. The molecule has 0 amide bonds. The highest BCUT2D eigenvalue weighted by atomic mass is 35.5. The largest absolute Gasteiger partial charge is 0.394 e. The van der Waals surface area contributed by atoms with Crippen molar-refractivity contribution in [2.45, 2.75) is 19.4 Å². The van der Waals surface area contributed by atoms with Crippen molar-refractivity contribution >= 4 is 11.6 Å². The van der Waals surface area contributed by atoms with Gasteiger partial charge in [0, 0.05) is 11.4 Å². The third kappa shape index (κ3) is 2.69. The molecule has 0 aliphatic carbocycles. The van der Waals surface area contributed by atoms with Gasteiger partial charge in [-0.1, -0.05) is 23.7 Å². The van der Waals surface area contributed by atoms with Gasteiger partial charge in [0.15, 0.2) is 0 Å². The summed E-state index contributed by atoms with van der Waals surface area (Å²) in [6.07, 6.45) is -0.250. The zero-order valence-corrected chi connectivity index (χ0v) is 8.25. The molecule has 0 spiro atoms. The highest BCUT2D eigenvalue weighted by molar-refractivity contribution is 6.31. The van der Waals surface area contributed by atoms with Gasteiger partial charge in [0.1, 0.15) is 0 Å². The first-order valence-electron chi connectivity index (χ1n) is 4.18. The van der Waals surface area contributed by atoms with Gasteiger partial charge in [-0.2, -0.15) is 0 Å². The highest BCUT2D eigenvalue weighted by Gasteiger charge is 2.07. The zero-order chi connectivity index (χ0) is 9.84. The minimum absolute atomic E-state index is 0.216. The number of hydrogen-bond acceptors (Lipinski definition) is 2. The van der Waals surface area contributed by atoms with Gasteiger partial charge in [-0.3, -0.25) is 0 Å². The van der Waals surface area contributed by atoms with Crippen molar-refractivity contribution in [1.29, 1.82) is 0 Å². The molecular formula is C10H13ClO2. The molecule has 0 heterocycles. The molecule has 0 bridgehead atoms. The fourth-order valence-corrected chi connectivity index (χ4v) is 1.39. The Morgan fingerprint density at radius 1 is 1.46 bits per heavy atom. The predicted octanol–water partition coefficient (Wildman–Crippen LogP) is 1.54. The Morgan fingerprint density at radius 3 is 2.77 bits per heavy atom. The Balaban J connectivity index is 2.83. The number of hydrogen-bond donors (Lipinski definition) is 2. The minimum Gasteiger partial charge on any atom is -0.394 e. The van der Waals surface area contributed by atoms with Crippen LogP contribution in [-0.4, -0.2) is 22.9 Å². The average molecular weight is 201 g/mol. The molecule has 72 valence electrons. The maximum Gasteiger partial charge on any atom is 0.0811 e. The summed E-state index contributed by atoms with van der Waals surface area (Å²) in [5.41, 5.74) is 1.95. The molecule has 0 aliphatic rings. The van der Waals surface area contributed by atoms with E-state index in [2.05, 4.69) is 0 Å². The molecule has 1 aromatic rings. The van der Waals surface area contributed by atoms with E-state index in [9.17, 15) is 5.11 Å². The van der Waals surface area contributed by atoms with E-state index >= 15 is 0 Å². The van der Waals surface area contributed by atoms with E-state index in [1.807, 2.05) is 25.1 Å². The first kappa shape index (κ1) is 10.5. The van der Waals surface area contributed by atoms with Gasteiger partial charge in [-0.15, -0.1) is 0 Å². The number of benzene rings is 1. The van der Waals surface area contributed by atoms with Crippen molar-refractivity contribution in [2.75, 3.05) is 6.61 Å². The van der Waals surface area contributed by atoms with Gasteiger partial charge in [-0.05, 0) is 24.1 Å². The Labute approximate surface area is 82.8 Å². The molecule has 1 unspecified atom stereocenters. The molecule has 0 aliphatic heterocycles. The van der Waals surface area contributed by atoms with Crippen LogP contribution in [0.1, 0.15) is 11.1 Å². The highest BCUT2D eigenvalue weighted by Crippen LogP contribution is 2.19. The summed E-state index contributed by atoms with van der Waals surface area (Å²) in [5.74, 6) is 0. The van der Waals surface area contributed by atoms with Crippen molar-refractivity contribution < 1.29 is 10.2 Å². The third-order valence-electron chi connectivity index (χ3n) is 2.05. The van der Waals surface area contributed by atoms with Crippen molar-refractivity contribution in [2.24, 2.45) is 0 Å². The van der Waals surface area contributed by atoms with E-state index in [0.717, 1.165) is 11.1 Å². The number of aliphatic hydroxyl groups is 2. The summed E-state index contributed by atoms with van der Waals surface area (Å²) < 4.78 is 0. The fraction of sp³-hybridized carbons (Fsp3) is 0.400. The first-order chi connectivity index (χ1) is 6.15. The maximum atomic E-state index is 9.23. The predicted molar refractivity (Wildman–Crippen MR) is 53.0 cm³/mol. The van der Waals surface area contributed by atoms with E-state index in [4.69, 9.17) is 16.7 Å². The molecule has 1 rings (SSSR count). The van der Waals surface area contributed by atoms with Crippen LogP contribution in [0.4, 0.5) is 0 Å². The normalized spacial score (nSPS) is 12.9. The van der Waals surface area contributed by atoms with Gasteiger partial charge >= 0.3 is 0 Å². The molecule has 0 saturated heterocycles. The van der Waals surface area contributed by atoms with Gasteiger partial charge < -0.3 is 10.2 Å². The lowest BCUT2D eigenvalue weighted by molar-refractivity contribution is 0.0954. The molecule has 13 heavy (non-hydrogen) atoms. The Kier molecular flexibility index (Phi) is 3.72. The summed E-state index contributed by atoms with van der Waals surface area (Å²) in [7, 11) is 0. The summed E-state index contributed by atoms with van der Waals surface area (Å²) in [5, 5.41) is 18.6. The quantitative estimate of drug-likeness (QED) is 0.777. The lowest BCUT2D eigenvalue weighted by Crippen LogP contribution is -2.15. The van der Waals surface area contributed by atoms with Crippen LogP contribution in [0.2, 0.25) is 5.02 Å². The van der Waals surface area contributed by atoms with Crippen molar-refractivity contribution in [1.82, 2.24) is 0 Å². The SMILES string of the molecule is Cc1c(Cl)cccc1CC(O)CO. The molecule has 2 nitrogen and oxygen atoms in total. The zero-order valence-electron chi connectivity index (χ0n) is 7.50. The fourth-order valence-electron chi connectivity index (χ4n) is 1.19. The maximum absolute atomic E-state index is 9.23. The molecular weight excluding hydrogens is 188 g/mol. The summed E-state index contributed by atoms with van der Waals surface area (Å²) in [6, 6.07) is 5.56. The Hall–Kier alpha value is -0.570. The van der Waals surface area contributed by atoms with E-state index < -0.39 is 6.10 Å². The monoisotopic (exact) mass is 200 g/mol. The number of aliphatic hydroxyl groups excluding tert-OH is 2. The van der Waals surface area contributed by atoms with E-state index in [0.29, 0.717) is 11.4 Å². The minimum atomic E-state index is -0.697. The van der Waals surface area contributed by atoms with Crippen LogP contribution < -0.4 is 0 Å². The van der Waals surface area contributed by atoms with Gasteiger partial charge in [0.05, 0.1) is 12.7 Å². The molecule has 1 aromatic carbocycles. The molecule has 0 fully saturated rings. The molecule has 1 atom stereocenters. The smallest absolute Gasteiger partial charge is 0.0811 e. The van der Waals surface area contributed by atoms with Gasteiger partial charge in [-0.25, -0.2) is 0 Å². The summed E-state index contributed by atoms with van der Waals surface area (Å²) in [6.45, 7) is 1.69. The second kappa shape index (κ2) is 4.61. The van der Waals surface area contributed by atoms with Crippen LogP contribution in [0, 0.1) is 6.92 Å². The van der Waals surface area contributed by atoms with E-state index in [1.54, 1.807) is 0 Å². The van der Waals surface area contributed by atoms with Crippen LogP contribution in [0.25, 0.3) is 0 Å². The van der Waals surface area contributed by atoms with Crippen LogP contribution in [0.3, 0.4) is 0 Å². The van der Waals surface area contributed by atoms with E-state index in [1.165, 1.54) is 0 Å². The molecule has 3 heteroatoms. The summed E-state index contributed by atoms with van der Waals surface area (Å²) in [4.78, 5) is 0. The molecule has 2 N–H and O–H groups in total. The lowest BCUT2D eigenvalue weighted by atomic mass is 10.0. The summed E-state index contributed by atoms with van der Waals surface area (Å²) >= 11 is 5.90. The molecule has 0 radical (unpaired) electrons. The molecule has 0 aromatic heterocycles. The molecule has 0 saturated carbocycles. The number of halogens is 1. The Bertz CT molecular complexity index is 286. The lowest BCUT2D eigenvalue weighted by Gasteiger charge is -2.10. The van der Waals surface area contributed by atoms with Crippen LogP contribution in [0.15, 0.2) is 18.2 Å². The van der Waals surface area contributed by atoms with Crippen molar-refractivity contribution in [3.63, 3.8) is 0 Å². The second-order valence-electron chi connectivity index (χ2n) is 3.06. The second-order valence-corrected chi connectivity index (χ2v) is 3.47.